The van der Waals surface area contributed by atoms with Crippen molar-refractivity contribution in [3.05, 3.63) is 5.01 Å². The summed E-state index contributed by atoms with van der Waals surface area (Å²) in [5.74, 6) is -1.96. The van der Waals surface area contributed by atoms with E-state index in [0.717, 1.165) is 36.1 Å². The van der Waals surface area contributed by atoms with Crippen LogP contribution in [0.5, 0.6) is 0 Å². The first-order valence-corrected chi connectivity index (χ1v) is 9.58. The average molecular weight is 356 g/mol. The zero-order valence-corrected chi connectivity index (χ0v) is 14.4. The highest BCUT2D eigenvalue weighted by atomic mass is 32.1. The molecule has 2 aliphatic heterocycles. The van der Waals surface area contributed by atoms with Gasteiger partial charge in [-0.25, -0.2) is 8.78 Å². The summed E-state index contributed by atoms with van der Waals surface area (Å²) in [6.07, 6.45) is 3.58. The molecule has 1 aromatic heterocycles. The van der Waals surface area contributed by atoms with Gasteiger partial charge in [0.2, 0.25) is 11.0 Å². The molecule has 1 aliphatic carbocycles. The van der Waals surface area contributed by atoms with Crippen molar-refractivity contribution in [2.45, 2.75) is 50.4 Å². The summed E-state index contributed by atoms with van der Waals surface area (Å²) in [4.78, 5) is 16.4. The largest absolute Gasteiger partial charge is 0.347 e. The van der Waals surface area contributed by atoms with Crippen LogP contribution in [0.1, 0.15) is 49.5 Å². The fourth-order valence-electron chi connectivity index (χ4n) is 3.48. The minimum Gasteiger partial charge on any atom is -0.347 e. The predicted octanol–water partition coefficient (Wildman–Crippen LogP) is 2.89. The minimum atomic E-state index is -2.60. The number of anilines is 1. The molecule has 0 N–H and O–H groups in total. The van der Waals surface area contributed by atoms with Crippen LogP contribution in [0.25, 0.3) is 0 Å². The molecule has 8 heteroatoms. The van der Waals surface area contributed by atoms with Gasteiger partial charge in [0, 0.05) is 50.9 Å². The van der Waals surface area contributed by atoms with E-state index < -0.39 is 5.92 Å². The Morgan fingerprint density at radius 1 is 1.04 bits per heavy atom. The molecule has 2 saturated heterocycles. The smallest absolute Gasteiger partial charge is 0.251 e. The van der Waals surface area contributed by atoms with Crippen LogP contribution in [0, 0.1) is 5.92 Å². The van der Waals surface area contributed by atoms with E-state index in [2.05, 4.69) is 15.1 Å². The molecule has 3 fully saturated rings. The van der Waals surface area contributed by atoms with Gasteiger partial charge in [-0.1, -0.05) is 11.3 Å². The summed E-state index contributed by atoms with van der Waals surface area (Å²) < 4.78 is 26.5. The fourth-order valence-corrected chi connectivity index (χ4v) is 4.54. The maximum Gasteiger partial charge on any atom is 0.251 e. The summed E-state index contributed by atoms with van der Waals surface area (Å²) >= 11 is 1.67. The molecule has 3 aliphatic rings. The van der Waals surface area contributed by atoms with Crippen LogP contribution in [-0.2, 0) is 4.79 Å². The number of nitrogens with zero attached hydrogens (tertiary/aromatic N) is 4. The molecule has 0 unspecified atom stereocenters. The first kappa shape index (κ1) is 16.2. The van der Waals surface area contributed by atoms with E-state index in [1.54, 1.807) is 16.2 Å². The molecule has 132 valence electrons. The van der Waals surface area contributed by atoms with E-state index in [1.165, 1.54) is 12.8 Å². The number of piperidine rings is 2. The van der Waals surface area contributed by atoms with E-state index in [-0.39, 0.29) is 37.8 Å². The predicted molar refractivity (Wildman–Crippen MR) is 87.6 cm³/mol. The standard InChI is InChI=1S/C16H22F2N4OS/c17-16(18)5-9-21(10-6-16)14(23)12-3-7-22(8-4-12)15-20-19-13(24-15)11-1-2-11/h11-12H,1-10H2. The number of amides is 1. The number of hydrogen-bond donors (Lipinski definition) is 0. The third-order valence-electron chi connectivity index (χ3n) is 5.28. The van der Waals surface area contributed by atoms with Crippen LogP contribution in [0.4, 0.5) is 13.9 Å². The molecule has 3 heterocycles. The Bertz CT molecular complexity index is 601. The van der Waals surface area contributed by atoms with Gasteiger partial charge in [-0.15, -0.1) is 10.2 Å². The number of carbonyl (C=O) groups is 1. The SMILES string of the molecule is O=C(C1CCN(c2nnc(C3CC3)s2)CC1)N1CCC(F)(F)CC1. The van der Waals surface area contributed by atoms with Gasteiger partial charge in [-0.3, -0.25) is 4.79 Å². The molecule has 0 bridgehead atoms. The van der Waals surface area contributed by atoms with Crippen molar-refractivity contribution >= 4 is 22.4 Å². The average Bonchev–Trinajstić information content (AvgIpc) is 3.32. The van der Waals surface area contributed by atoms with E-state index in [1.807, 2.05) is 0 Å². The van der Waals surface area contributed by atoms with Crippen molar-refractivity contribution in [2.24, 2.45) is 5.92 Å². The molecule has 24 heavy (non-hydrogen) atoms. The summed E-state index contributed by atoms with van der Waals surface area (Å²) in [5.41, 5.74) is 0. The maximum atomic E-state index is 13.2. The topological polar surface area (TPSA) is 49.3 Å². The summed E-state index contributed by atoms with van der Waals surface area (Å²) in [5, 5.41) is 10.7. The van der Waals surface area contributed by atoms with Crippen LogP contribution in [-0.4, -0.2) is 53.1 Å². The quantitative estimate of drug-likeness (QED) is 0.836. The minimum absolute atomic E-state index is 0.0382. The van der Waals surface area contributed by atoms with Gasteiger partial charge in [0.25, 0.3) is 5.92 Å². The van der Waals surface area contributed by atoms with Gasteiger partial charge in [0.15, 0.2) is 0 Å². The Balaban J connectivity index is 1.30. The third kappa shape index (κ3) is 3.38. The molecule has 5 nitrogen and oxygen atoms in total. The molecule has 0 aromatic carbocycles. The zero-order chi connectivity index (χ0) is 16.7. The lowest BCUT2D eigenvalue weighted by atomic mass is 9.94. The summed E-state index contributed by atoms with van der Waals surface area (Å²) in [6.45, 7) is 1.96. The highest BCUT2D eigenvalue weighted by Crippen LogP contribution is 2.43. The van der Waals surface area contributed by atoms with Crippen LogP contribution >= 0.6 is 11.3 Å². The van der Waals surface area contributed by atoms with Gasteiger partial charge >= 0.3 is 0 Å². The van der Waals surface area contributed by atoms with Crippen LogP contribution in [0.15, 0.2) is 0 Å². The van der Waals surface area contributed by atoms with Crippen molar-refractivity contribution < 1.29 is 13.6 Å². The molecule has 0 atom stereocenters. The zero-order valence-electron chi connectivity index (χ0n) is 13.6. The Kier molecular flexibility index (Phi) is 4.18. The first-order chi connectivity index (χ1) is 11.5. The normalized spacial score (nSPS) is 25.1. The van der Waals surface area contributed by atoms with Crippen molar-refractivity contribution in [3.8, 4) is 0 Å². The summed E-state index contributed by atoms with van der Waals surface area (Å²) in [7, 11) is 0. The van der Waals surface area contributed by atoms with Gasteiger partial charge in [0.05, 0.1) is 0 Å². The maximum absolute atomic E-state index is 13.2. The second-order valence-corrected chi connectivity index (χ2v) is 8.13. The van der Waals surface area contributed by atoms with Gasteiger partial charge in [-0.05, 0) is 25.7 Å². The molecular weight excluding hydrogens is 334 g/mol. The molecule has 0 spiro atoms. The molecule has 4 rings (SSSR count). The number of likely N-dealkylation sites (tertiary alicyclic amines) is 1. The number of alkyl halides is 2. The van der Waals surface area contributed by atoms with Crippen LogP contribution in [0.2, 0.25) is 0 Å². The van der Waals surface area contributed by atoms with Crippen molar-refractivity contribution in [1.82, 2.24) is 15.1 Å². The Morgan fingerprint density at radius 2 is 1.71 bits per heavy atom. The second-order valence-electron chi connectivity index (χ2n) is 7.14. The monoisotopic (exact) mass is 356 g/mol. The fraction of sp³-hybridized carbons (Fsp3) is 0.812. The Labute approximate surface area is 144 Å². The van der Waals surface area contributed by atoms with Crippen molar-refractivity contribution in [1.29, 1.82) is 0 Å². The number of carbonyl (C=O) groups excluding carboxylic acids is 1. The molecular formula is C16H22F2N4OS. The van der Waals surface area contributed by atoms with E-state index >= 15 is 0 Å². The van der Waals surface area contributed by atoms with E-state index in [0.29, 0.717) is 5.92 Å². The first-order valence-electron chi connectivity index (χ1n) is 8.77. The van der Waals surface area contributed by atoms with Crippen LogP contribution in [0.3, 0.4) is 0 Å². The number of halogens is 2. The second kappa shape index (κ2) is 6.20. The summed E-state index contributed by atoms with van der Waals surface area (Å²) in [6, 6.07) is 0. The molecule has 1 saturated carbocycles. The van der Waals surface area contributed by atoms with Crippen LogP contribution < -0.4 is 4.90 Å². The molecule has 1 aromatic rings. The molecule has 0 radical (unpaired) electrons. The lowest BCUT2D eigenvalue weighted by Gasteiger charge is -2.37. The highest BCUT2D eigenvalue weighted by molar-refractivity contribution is 7.15. The van der Waals surface area contributed by atoms with Gasteiger partial charge in [0.1, 0.15) is 5.01 Å². The van der Waals surface area contributed by atoms with Crippen molar-refractivity contribution in [2.75, 3.05) is 31.1 Å². The van der Waals surface area contributed by atoms with E-state index in [9.17, 15) is 13.6 Å². The number of hydrogen-bond acceptors (Lipinski definition) is 5. The Morgan fingerprint density at radius 3 is 2.33 bits per heavy atom. The third-order valence-corrected chi connectivity index (χ3v) is 6.42. The Hall–Kier alpha value is -1.31. The highest BCUT2D eigenvalue weighted by Gasteiger charge is 2.38. The van der Waals surface area contributed by atoms with Crippen molar-refractivity contribution in [3.63, 3.8) is 0 Å². The lowest BCUT2D eigenvalue weighted by molar-refractivity contribution is -0.142. The molecule has 1 amide bonds. The van der Waals surface area contributed by atoms with Gasteiger partial charge in [-0.2, -0.15) is 0 Å². The number of rotatable bonds is 3. The lowest BCUT2D eigenvalue weighted by Crippen LogP contribution is -2.47. The van der Waals surface area contributed by atoms with Gasteiger partial charge < -0.3 is 9.80 Å². The van der Waals surface area contributed by atoms with E-state index in [4.69, 9.17) is 0 Å². The number of aromatic nitrogens is 2.